The summed E-state index contributed by atoms with van der Waals surface area (Å²) in [4.78, 5) is 25.9. The molecule has 0 aliphatic heterocycles. The number of hydrogen-bond donors (Lipinski definition) is 1. The maximum Gasteiger partial charge on any atom is 0.257 e. The third-order valence-corrected chi connectivity index (χ3v) is 4.30. The SMILES string of the molecule is COc1ccc(Cl)cc1C(=O)N(C)CC(=O)Nc1ccc(Cl)c(Cl)c1. The molecule has 0 atom stereocenters. The first-order chi connectivity index (χ1) is 11.8. The Labute approximate surface area is 160 Å². The number of rotatable bonds is 5. The number of anilines is 1. The van der Waals surface area contributed by atoms with E-state index < -0.39 is 0 Å². The lowest BCUT2D eigenvalue weighted by Gasteiger charge is -2.18. The van der Waals surface area contributed by atoms with Gasteiger partial charge in [0.25, 0.3) is 5.91 Å². The van der Waals surface area contributed by atoms with Gasteiger partial charge in [0.2, 0.25) is 5.91 Å². The van der Waals surface area contributed by atoms with Crippen LogP contribution in [0.5, 0.6) is 5.75 Å². The Balaban J connectivity index is 2.06. The van der Waals surface area contributed by atoms with E-state index in [-0.39, 0.29) is 23.9 Å². The normalized spacial score (nSPS) is 10.3. The van der Waals surface area contributed by atoms with E-state index in [1.807, 2.05) is 0 Å². The molecule has 0 saturated carbocycles. The zero-order valence-electron chi connectivity index (χ0n) is 13.5. The summed E-state index contributed by atoms with van der Waals surface area (Å²) in [5.41, 5.74) is 0.764. The minimum absolute atomic E-state index is 0.158. The lowest BCUT2D eigenvalue weighted by molar-refractivity contribution is -0.116. The molecule has 0 bridgehead atoms. The van der Waals surface area contributed by atoms with E-state index in [2.05, 4.69) is 5.32 Å². The van der Waals surface area contributed by atoms with Crippen LogP contribution in [0.2, 0.25) is 15.1 Å². The van der Waals surface area contributed by atoms with Gasteiger partial charge in [0.05, 0.1) is 29.3 Å². The molecule has 2 amide bonds. The van der Waals surface area contributed by atoms with Crippen LogP contribution in [0.3, 0.4) is 0 Å². The number of carbonyl (C=O) groups excluding carboxylic acids is 2. The van der Waals surface area contributed by atoms with Crippen LogP contribution in [0.1, 0.15) is 10.4 Å². The molecular formula is C17H15Cl3N2O3. The summed E-state index contributed by atoms with van der Waals surface area (Å²) in [7, 11) is 2.97. The number of hydrogen-bond acceptors (Lipinski definition) is 3. The van der Waals surface area contributed by atoms with E-state index in [1.165, 1.54) is 31.2 Å². The molecule has 2 aromatic rings. The van der Waals surface area contributed by atoms with Crippen molar-refractivity contribution < 1.29 is 14.3 Å². The molecule has 0 aromatic heterocycles. The van der Waals surface area contributed by atoms with Crippen molar-refractivity contribution in [2.45, 2.75) is 0 Å². The first kappa shape index (κ1) is 19.4. The molecule has 132 valence electrons. The molecule has 0 radical (unpaired) electrons. The molecule has 0 aliphatic rings. The molecule has 8 heteroatoms. The van der Waals surface area contributed by atoms with Gasteiger partial charge in [-0.05, 0) is 36.4 Å². The number of amides is 2. The second-order valence-corrected chi connectivity index (χ2v) is 6.43. The van der Waals surface area contributed by atoms with Gasteiger partial charge >= 0.3 is 0 Å². The summed E-state index contributed by atoms with van der Waals surface area (Å²) < 4.78 is 5.16. The molecule has 0 aliphatic carbocycles. The average Bonchev–Trinajstić information content (AvgIpc) is 2.57. The topological polar surface area (TPSA) is 58.6 Å². The zero-order valence-corrected chi connectivity index (χ0v) is 15.7. The summed E-state index contributed by atoms with van der Waals surface area (Å²) in [5, 5.41) is 3.77. The van der Waals surface area contributed by atoms with Crippen molar-refractivity contribution in [1.82, 2.24) is 4.90 Å². The Morgan fingerprint density at radius 1 is 1.08 bits per heavy atom. The van der Waals surface area contributed by atoms with Crippen molar-refractivity contribution in [2.75, 3.05) is 26.0 Å². The maximum absolute atomic E-state index is 12.5. The largest absolute Gasteiger partial charge is 0.496 e. The second-order valence-electron chi connectivity index (χ2n) is 5.18. The summed E-state index contributed by atoms with van der Waals surface area (Å²) in [6, 6.07) is 9.44. The molecule has 0 unspecified atom stereocenters. The summed E-state index contributed by atoms with van der Waals surface area (Å²) in [6.07, 6.45) is 0. The highest BCUT2D eigenvalue weighted by Crippen LogP contribution is 2.25. The quantitative estimate of drug-likeness (QED) is 0.809. The van der Waals surface area contributed by atoms with Crippen molar-refractivity contribution in [3.63, 3.8) is 0 Å². The molecule has 25 heavy (non-hydrogen) atoms. The van der Waals surface area contributed by atoms with Gasteiger partial charge in [0.15, 0.2) is 0 Å². The van der Waals surface area contributed by atoms with Gasteiger partial charge in [0.1, 0.15) is 5.75 Å². The van der Waals surface area contributed by atoms with Gasteiger partial charge < -0.3 is 15.0 Å². The summed E-state index contributed by atoms with van der Waals surface area (Å²) in [6.45, 7) is -0.158. The Bertz CT molecular complexity index is 812. The molecular weight excluding hydrogens is 387 g/mol. The molecule has 0 heterocycles. The predicted molar refractivity (Wildman–Crippen MR) is 100 cm³/mol. The number of nitrogens with zero attached hydrogens (tertiary/aromatic N) is 1. The number of nitrogens with one attached hydrogen (secondary N) is 1. The number of carbonyl (C=O) groups is 2. The average molecular weight is 402 g/mol. The van der Waals surface area contributed by atoms with Crippen LogP contribution in [0.15, 0.2) is 36.4 Å². The van der Waals surface area contributed by atoms with Gasteiger partial charge in [-0.15, -0.1) is 0 Å². The highest BCUT2D eigenvalue weighted by Gasteiger charge is 2.19. The van der Waals surface area contributed by atoms with Gasteiger partial charge in [-0.1, -0.05) is 34.8 Å². The molecule has 0 saturated heterocycles. The van der Waals surface area contributed by atoms with Crippen molar-refractivity contribution >= 4 is 52.3 Å². The van der Waals surface area contributed by atoms with Gasteiger partial charge in [0, 0.05) is 17.8 Å². The summed E-state index contributed by atoms with van der Waals surface area (Å²) in [5.74, 6) is -0.384. The van der Waals surface area contributed by atoms with Crippen LogP contribution in [-0.4, -0.2) is 37.4 Å². The van der Waals surface area contributed by atoms with E-state index in [1.54, 1.807) is 24.3 Å². The number of ether oxygens (including phenoxy) is 1. The van der Waals surface area contributed by atoms with E-state index in [9.17, 15) is 9.59 Å². The van der Waals surface area contributed by atoms with Crippen LogP contribution in [0.25, 0.3) is 0 Å². The fourth-order valence-corrected chi connectivity index (χ4v) is 2.58. The van der Waals surface area contributed by atoms with Crippen LogP contribution in [-0.2, 0) is 4.79 Å². The number of halogens is 3. The van der Waals surface area contributed by atoms with Crippen LogP contribution < -0.4 is 10.1 Å². The number of methoxy groups -OCH3 is 1. The molecule has 2 aromatic carbocycles. The molecule has 2 rings (SSSR count). The Morgan fingerprint density at radius 3 is 2.44 bits per heavy atom. The fourth-order valence-electron chi connectivity index (χ4n) is 2.11. The lowest BCUT2D eigenvalue weighted by Crippen LogP contribution is -2.35. The highest BCUT2D eigenvalue weighted by molar-refractivity contribution is 6.42. The Kier molecular flexibility index (Phi) is 6.53. The van der Waals surface area contributed by atoms with Gasteiger partial charge in [-0.3, -0.25) is 9.59 Å². The number of benzene rings is 2. The molecule has 0 fully saturated rings. The van der Waals surface area contributed by atoms with Crippen molar-refractivity contribution in [2.24, 2.45) is 0 Å². The third kappa shape index (κ3) is 5.01. The third-order valence-electron chi connectivity index (χ3n) is 3.32. The van der Waals surface area contributed by atoms with Crippen molar-refractivity contribution in [1.29, 1.82) is 0 Å². The van der Waals surface area contributed by atoms with Crippen molar-refractivity contribution in [3.05, 3.63) is 57.0 Å². The van der Waals surface area contributed by atoms with E-state index in [0.29, 0.717) is 26.5 Å². The highest BCUT2D eigenvalue weighted by atomic mass is 35.5. The van der Waals surface area contributed by atoms with E-state index >= 15 is 0 Å². The van der Waals surface area contributed by atoms with Crippen LogP contribution in [0, 0.1) is 0 Å². The first-order valence-corrected chi connectivity index (χ1v) is 8.29. The smallest absolute Gasteiger partial charge is 0.257 e. The standard InChI is InChI=1S/C17H15Cl3N2O3/c1-22(17(24)12-7-10(18)3-6-15(12)25-2)9-16(23)21-11-4-5-13(19)14(20)8-11/h3-8H,9H2,1-2H3,(H,21,23). The maximum atomic E-state index is 12.5. The monoisotopic (exact) mass is 400 g/mol. The molecule has 0 spiro atoms. The van der Waals surface area contributed by atoms with Crippen LogP contribution >= 0.6 is 34.8 Å². The molecule has 5 nitrogen and oxygen atoms in total. The first-order valence-electron chi connectivity index (χ1n) is 7.15. The van der Waals surface area contributed by atoms with E-state index in [0.717, 1.165) is 0 Å². The summed E-state index contributed by atoms with van der Waals surface area (Å²) >= 11 is 17.7. The second kappa shape index (κ2) is 8.43. The Morgan fingerprint density at radius 2 is 1.80 bits per heavy atom. The lowest BCUT2D eigenvalue weighted by atomic mass is 10.1. The molecule has 1 N–H and O–H groups in total. The minimum Gasteiger partial charge on any atom is -0.496 e. The minimum atomic E-state index is -0.386. The van der Waals surface area contributed by atoms with E-state index in [4.69, 9.17) is 39.5 Å². The fraction of sp³-hybridized carbons (Fsp3) is 0.176. The number of likely N-dealkylation sites (N-methyl/N-ethyl adjacent to an activating group) is 1. The van der Waals surface area contributed by atoms with Gasteiger partial charge in [-0.2, -0.15) is 0 Å². The van der Waals surface area contributed by atoms with Crippen LogP contribution in [0.4, 0.5) is 5.69 Å². The predicted octanol–water partition coefficient (Wildman–Crippen LogP) is 4.37. The van der Waals surface area contributed by atoms with Crippen molar-refractivity contribution in [3.8, 4) is 5.75 Å². The zero-order chi connectivity index (χ0) is 18.6. The van der Waals surface area contributed by atoms with Gasteiger partial charge in [-0.25, -0.2) is 0 Å². The Hall–Kier alpha value is -1.95.